The molecule has 0 fully saturated rings. The molecule has 0 N–H and O–H groups in total. The van der Waals surface area contributed by atoms with Crippen molar-refractivity contribution >= 4 is 56.0 Å². The molecule has 0 saturated carbocycles. The van der Waals surface area contributed by atoms with Crippen molar-refractivity contribution in [3.63, 3.8) is 0 Å². The summed E-state index contributed by atoms with van der Waals surface area (Å²) >= 11 is 0. The van der Waals surface area contributed by atoms with Gasteiger partial charge in [0.2, 0.25) is 0 Å². The first-order chi connectivity index (χ1) is 15.1. The molecule has 4 heteroatoms. The van der Waals surface area contributed by atoms with Gasteiger partial charge in [0.25, 0.3) is 0 Å². The van der Waals surface area contributed by atoms with Gasteiger partial charge < -0.3 is 0 Å². The molecule has 0 amide bonds. The Bertz CT molecular complexity index is 1310. The molecule has 0 bridgehead atoms. The van der Waals surface area contributed by atoms with E-state index in [9.17, 15) is 5.26 Å². The predicted octanol–water partition coefficient (Wildman–Crippen LogP) is 5.67. The second kappa shape index (κ2) is 8.40. The average Bonchev–Trinajstić information content (AvgIpc) is 3.29. The third-order valence-electron chi connectivity index (χ3n) is 6.39. The van der Waals surface area contributed by atoms with E-state index in [-0.39, 0.29) is 17.0 Å². The molecule has 0 aliphatic rings. The van der Waals surface area contributed by atoms with Crippen LogP contribution in [-0.4, -0.2) is 6.66 Å². The van der Waals surface area contributed by atoms with Crippen LogP contribution in [0.15, 0.2) is 120 Å². The van der Waals surface area contributed by atoms with Crippen molar-refractivity contribution in [2.45, 2.75) is 0 Å². The fourth-order valence-electron chi connectivity index (χ4n) is 4.61. The van der Waals surface area contributed by atoms with Crippen LogP contribution in [0, 0.1) is 11.3 Å². The van der Waals surface area contributed by atoms with Gasteiger partial charge in [-0.25, -0.2) is 0 Å². The standard InChI is InChI=1S/C28H22NOP.BrH/c1-31(24-11-5-2-6-12-24,25-13-7-3-8-14-25,26-15-9-4-10-16-26)28-20-23-19-22(21-29)17-18-27(23)30-28;/h2-20H,1H3;1H. The summed E-state index contributed by atoms with van der Waals surface area (Å²) in [5, 5.41) is 14.1. The van der Waals surface area contributed by atoms with Crippen molar-refractivity contribution in [2.24, 2.45) is 0 Å². The van der Waals surface area contributed by atoms with E-state index in [2.05, 4.69) is 110 Å². The number of hydrogen-bond donors (Lipinski definition) is 0. The molecule has 0 spiro atoms. The first-order valence-electron chi connectivity index (χ1n) is 10.3. The Morgan fingerprint density at radius 1 is 0.656 bits per heavy atom. The van der Waals surface area contributed by atoms with Crippen molar-refractivity contribution < 1.29 is 4.42 Å². The summed E-state index contributed by atoms with van der Waals surface area (Å²) in [7, 11) is 0. The Kier molecular flexibility index (Phi) is 5.78. The molecular formula is C28H23BrNOP. The second-order valence-corrected chi connectivity index (χ2v) is 13.1. The Morgan fingerprint density at radius 3 is 1.56 bits per heavy atom. The summed E-state index contributed by atoms with van der Waals surface area (Å²) in [6, 6.07) is 42.0. The van der Waals surface area contributed by atoms with Gasteiger partial charge in [0.05, 0.1) is 0 Å². The molecule has 0 radical (unpaired) electrons. The SMILES string of the molecule is Br.CP(c1ccccc1)(c1ccccc1)(c1ccccc1)c1cc2cc(C#N)ccc2o1. The fraction of sp³-hybridized carbons (Fsp3) is 0.0357. The van der Waals surface area contributed by atoms with Crippen molar-refractivity contribution in [1.82, 2.24) is 0 Å². The van der Waals surface area contributed by atoms with Crippen LogP contribution in [-0.2, 0) is 0 Å². The van der Waals surface area contributed by atoms with Crippen molar-refractivity contribution in [3.05, 3.63) is 121 Å². The Balaban J connectivity index is 0.00000245. The Hall–Kier alpha value is -3.18. The zero-order valence-corrected chi connectivity index (χ0v) is 20.3. The van der Waals surface area contributed by atoms with E-state index in [0.29, 0.717) is 5.56 Å². The molecule has 0 aliphatic heterocycles. The van der Waals surface area contributed by atoms with Gasteiger partial charge in [0.1, 0.15) is 0 Å². The van der Waals surface area contributed by atoms with Gasteiger partial charge in [-0.2, -0.15) is 0 Å². The van der Waals surface area contributed by atoms with E-state index >= 15 is 0 Å². The Labute approximate surface area is 198 Å². The molecule has 158 valence electrons. The first-order valence-corrected chi connectivity index (χ1v) is 13.0. The van der Waals surface area contributed by atoms with Crippen LogP contribution in [0.2, 0.25) is 0 Å². The molecule has 0 unspecified atom stereocenters. The van der Waals surface area contributed by atoms with Crippen molar-refractivity contribution in [2.75, 3.05) is 6.66 Å². The number of fused-ring (bicyclic) bond motifs is 1. The molecule has 0 aliphatic carbocycles. The molecular weight excluding hydrogens is 477 g/mol. The van der Waals surface area contributed by atoms with Crippen molar-refractivity contribution in [3.8, 4) is 6.07 Å². The molecule has 32 heavy (non-hydrogen) atoms. The molecule has 4 aromatic carbocycles. The normalized spacial score (nSPS) is 12.3. The van der Waals surface area contributed by atoms with Gasteiger partial charge in [-0.1, -0.05) is 0 Å². The predicted molar refractivity (Wildman–Crippen MR) is 142 cm³/mol. The number of nitrogens with zero attached hydrogens (tertiary/aromatic N) is 1. The van der Waals surface area contributed by atoms with E-state index < -0.39 is 6.60 Å². The molecule has 2 nitrogen and oxygen atoms in total. The maximum atomic E-state index is 9.38. The first kappa shape index (κ1) is 22.0. The van der Waals surface area contributed by atoms with Crippen LogP contribution < -0.4 is 21.4 Å². The summed E-state index contributed by atoms with van der Waals surface area (Å²) in [5.41, 5.74) is 2.38. The minimum absolute atomic E-state index is 0. The average molecular weight is 500 g/mol. The molecule has 1 heterocycles. The van der Waals surface area contributed by atoms with E-state index in [1.165, 1.54) is 15.9 Å². The monoisotopic (exact) mass is 499 g/mol. The van der Waals surface area contributed by atoms with Gasteiger partial charge in [-0.3, -0.25) is 0 Å². The van der Waals surface area contributed by atoms with Gasteiger partial charge >= 0.3 is 182 Å². The molecule has 1 aromatic heterocycles. The number of rotatable bonds is 4. The number of benzene rings is 4. The zero-order valence-electron chi connectivity index (χ0n) is 17.7. The number of nitriles is 1. The Morgan fingerprint density at radius 2 is 1.12 bits per heavy atom. The molecule has 5 rings (SSSR count). The van der Waals surface area contributed by atoms with E-state index in [1.54, 1.807) is 0 Å². The van der Waals surface area contributed by atoms with E-state index in [0.717, 1.165) is 16.5 Å². The van der Waals surface area contributed by atoms with Crippen LogP contribution >= 0.6 is 23.6 Å². The van der Waals surface area contributed by atoms with E-state index in [1.807, 2.05) is 18.2 Å². The quantitative estimate of drug-likeness (QED) is 0.299. The van der Waals surface area contributed by atoms with E-state index in [4.69, 9.17) is 4.42 Å². The zero-order chi connectivity index (χ0) is 21.3. The summed E-state index contributed by atoms with van der Waals surface area (Å²) in [4.78, 5) is 0. The third-order valence-corrected chi connectivity index (χ3v) is 12.5. The number of hydrogen-bond acceptors (Lipinski definition) is 2. The van der Waals surface area contributed by atoms with Crippen LogP contribution in [0.4, 0.5) is 0 Å². The third kappa shape index (κ3) is 3.11. The summed E-state index contributed by atoms with van der Waals surface area (Å²) in [6.07, 6.45) is 0. The van der Waals surface area contributed by atoms with Crippen LogP contribution in [0.5, 0.6) is 0 Å². The van der Waals surface area contributed by atoms with Crippen molar-refractivity contribution in [1.29, 1.82) is 5.26 Å². The summed E-state index contributed by atoms with van der Waals surface area (Å²) in [6.45, 7) is -0.814. The molecule has 0 saturated heterocycles. The molecule has 0 atom stereocenters. The van der Waals surface area contributed by atoms with Gasteiger partial charge in [0, 0.05) is 0 Å². The summed E-state index contributed by atoms with van der Waals surface area (Å²) in [5.74, 6) is 0. The number of halogens is 1. The van der Waals surface area contributed by atoms with Crippen LogP contribution in [0.1, 0.15) is 5.56 Å². The fourth-order valence-corrected chi connectivity index (χ4v) is 9.80. The summed E-state index contributed by atoms with van der Waals surface area (Å²) < 4.78 is 6.65. The van der Waals surface area contributed by atoms with Crippen LogP contribution in [0.3, 0.4) is 0 Å². The van der Waals surface area contributed by atoms with Gasteiger partial charge in [-0.15, -0.1) is 17.0 Å². The second-order valence-electron chi connectivity index (χ2n) is 8.02. The van der Waals surface area contributed by atoms with Gasteiger partial charge in [-0.05, 0) is 0 Å². The maximum absolute atomic E-state index is 9.38. The van der Waals surface area contributed by atoms with Crippen LogP contribution in [0.25, 0.3) is 11.0 Å². The van der Waals surface area contributed by atoms with Gasteiger partial charge in [0.15, 0.2) is 0 Å². The molecule has 5 aromatic rings. The minimum atomic E-state index is -3.18. The number of furan rings is 1. The topological polar surface area (TPSA) is 36.9 Å².